The van der Waals surface area contributed by atoms with Gasteiger partial charge in [0.2, 0.25) is 5.91 Å². The summed E-state index contributed by atoms with van der Waals surface area (Å²) < 4.78 is 0. The van der Waals surface area contributed by atoms with Gasteiger partial charge in [-0.15, -0.1) is 24.8 Å². The largest absolute Gasteiger partial charge is 0.354 e. The van der Waals surface area contributed by atoms with Gasteiger partial charge in [0.25, 0.3) is 0 Å². The Morgan fingerprint density at radius 2 is 2.05 bits per heavy atom. The predicted molar refractivity (Wildman–Crippen MR) is 83.3 cm³/mol. The van der Waals surface area contributed by atoms with Crippen molar-refractivity contribution < 1.29 is 4.79 Å². The zero-order valence-electron chi connectivity index (χ0n) is 11.6. The highest BCUT2D eigenvalue weighted by atomic mass is 35.5. The van der Waals surface area contributed by atoms with Gasteiger partial charge in [0.15, 0.2) is 0 Å². The van der Waals surface area contributed by atoms with E-state index in [4.69, 9.17) is 0 Å². The maximum Gasteiger partial charge on any atom is 0.224 e. The van der Waals surface area contributed by atoms with Crippen LogP contribution in [0.3, 0.4) is 0 Å². The molecule has 0 aromatic carbocycles. The van der Waals surface area contributed by atoms with Crippen molar-refractivity contribution in [3.8, 4) is 0 Å². The SMILES string of the molecule is CCN[C@H](C)CNC(=O)Cc1ccc(C)nc1.Cl.Cl. The summed E-state index contributed by atoms with van der Waals surface area (Å²) in [7, 11) is 0. The van der Waals surface area contributed by atoms with Crippen molar-refractivity contribution in [3.05, 3.63) is 29.6 Å². The molecule has 0 aliphatic rings. The number of hydrogen-bond donors (Lipinski definition) is 2. The third-order valence-corrected chi connectivity index (χ3v) is 2.50. The maximum atomic E-state index is 11.6. The van der Waals surface area contributed by atoms with Gasteiger partial charge in [0.05, 0.1) is 6.42 Å². The van der Waals surface area contributed by atoms with Crippen LogP contribution in [0.1, 0.15) is 25.1 Å². The molecule has 0 radical (unpaired) electrons. The fourth-order valence-electron chi connectivity index (χ4n) is 1.54. The fraction of sp³-hybridized carbons (Fsp3) is 0.538. The lowest BCUT2D eigenvalue weighted by Crippen LogP contribution is -2.39. The minimum Gasteiger partial charge on any atom is -0.354 e. The van der Waals surface area contributed by atoms with E-state index in [0.29, 0.717) is 19.0 Å². The minimum absolute atomic E-state index is 0. The van der Waals surface area contributed by atoms with Crippen LogP contribution in [-0.2, 0) is 11.2 Å². The molecule has 110 valence electrons. The van der Waals surface area contributed by atoms with Crippen molar-refractivity contribution in [1.29, 1.82) is 0 Å². The van der Waals surface area contributed by atoms with Crippen LogP contribution in [0.5, 0.6) is 0 Å². The van der Waals surface area contributed by atoms with Gasteiger partial charge in [0.1, 0.15) is 0 Å². The number of likely N-dealkylation sites (N-methyl/N-ethyl adjacent to an activating group) is 1. The summed E-state index contributed by atoms with van der Waals surface area (Å²) in [6, 6.07) is 4.17. The first-order valence-corrected chi connectivity index (χ1v) is 6.03. The van der Waals surface area contributed by atoms with Crippen LogP contribution in [0.15, 0.2) is 18.3 Å². The average Bonchev–Trinajstić information content (AvgIpc) is 2.30. The molecule has 0 saturated heterocycles. The highest BCUT2D eigenvalue weighted by molar-refractivity contribution is 5.85. The molecule has 0 aliphatic carbocycles. The second kappa shape index (κ2) is 11.0. The van der Waals surface area contributed by atoms with Crippen LogP contribution < -0.4 is 10.6 Å². The third kappa shape index (κ3) is 8.81. The quantitative estimate of drug-likeness (QED) is 0.844. The van der Waals surface area contributed by atoms with E-state index >= 15 is 0 Å². The Labute approximate surface area is 127 Å². The van der Waals surface area contributed by atoms with Crippen molar-refractivity contribution in [3.63, 3.8) is 0 Å². The van der Waals surface area contributed by atoms with Crippen molar-refractivity contribution in [2.75, 3.05) is 13.1 Å². The molecule has 0 aliphatic heterocycles. The molecule has 0 fully saturated rings. The van der Waals surface area contributed by atoms with E-state index in [0.717, 1.165) is 17.8 Å². The Hall–Kier alpha value is -0.840. The molecule has 1 aromatic rings. The van der Waals surface area contributed by atoms with Gasteiger partial charge in [0, 0.05) is 24.5 Å². The zero-order chi connectivity index (χ0) is 12.7. The first-order valence-electron chi connectivity index (χ1n) is 6.03. The van der Waals surface area contributed by atoms with E-state index < -0.39 is 0 Å². The molecule has 1 amide bonds. The average molecular weight is 308 g/mol. The maximum absolute atomic E-state index is 11.6. The first kappa shape index (κ1) is 20.5. The molecular weight excluding hydrogens is 285 g/mol. The molecule has 6 heteroatoms. The first-order chi connectivity index (χ1) is 8.11. The molecule has 19 heavy (non-hydrogen) atoms. The number of amides is 1. The van der Waals surface area contributed by atoms with E-state index in [2.05, 4.69) is 29.5 Å². The molecule has 0 spiro atoms. The van der Waals surface area contributed by atoms with Gasteiger partial charge < -0.3 is 10.6 Å². The molecule has 4 nitrogen and oxygen atoms in total. The number of hydrogen-bond acceptors (Lipinski definition) is 3. The molecular formula is C13H23Cl2N3O. The molecule has 0 unspecified atom stereocenters. The Balaban J connectivity index is 0. The highest BCUT2D eigenvalue weighted by Gasteiger charge is 2.05. The molecule has 1 atom stereocenters. The number of nitrogens with one attached hydrogen (secondary N) is 2. The van der Waals surface area contributed by atoms with Crippen LogP contribution in [0.2, 0.25) is 0 Å². The number of carbonyl (C=O) groups is 1. The van der Waals surface area contributed by atoms with E-state index in [9.17, 15) is 4.79 Å². The number of pyridine rings is 1. The summed E-state index contributed by atoms with van der Waals surface area (Å²) in [5.41, 5.74) is 1.92. The van der Waals surface area contributed by atoms with Gasteiger partial charge in [-0.1, -0.05) is 13.0 Å². The number of nitrogens with zero attached hydrogens (tertiary/aromatic N) is 1. The van der Waals surface area contributed by atoms with Crippen molar-refractivity contribution in [2.24, 2.45) is 0 Å². The highest BCUT2D eigenvalue weighted by Crippen LogP contribution is 2.00. The second-order valence-electron chi connectivity index (χ2n) is 4.25. The van der Waals surface area contributed by atoms with Crippen LogP contribution in [-0.4, -0.2) is 30.0 Å². The summed E-state index contributed by atoms with van der Waals surface area (Å²) in [5, 5.41) is 6.15. The Kier molecular flexibility index (Phi) is 11.9. The Bertz CT molecular complexity index is 357. The Morgan fingerprint density at radius 3 is 2.58 bits per heavy atom. The lowest BCUT2D eigenvalue weighted by Gasteiger charge is -2.13. The van der Waals surface area contributed by atoms with Crippen LogP contribution in [0.25, 0.3) is 0 Å². The van der Waals surface area contributed by atoms with Gasteiger partial charge in [-0.2, -0.15) is 0 Å². The number of rotatable bonds is 6. The van der Waals surface area contributed by atoms with Crippen molar-refractivity contribution in [2.45, 2.75) is 33.2 Å². The standard InChI is InChI=1S/C13H21N3O.2ClH/c1-4-14-11(3)8-16-13(17)7-12-6-5-10(2)15-9-12;;/h5-6,9,11,14H,4,7-8H2,1-3H3,(H,16,17);2*1H/t11-;;/m1../s1. The number of halogens is 2. The minimum atomic E-state index is 0. The molecule has 1 heterocycles. The van der Waals surface area contributed by atoms with Gasteiger partial charge in [-0.05, 0) is 32.0 Å². The normalized spacial score (nSPS) is 10.9. The van der Waals surface area contributed by atoms with Gasteiger partial charge in [-0.3, -0.25) is 9.78 Å². The summed E-state index contributed by atoms with van der Waals surface area (Å²) in [5.74, 6) is 0.0420. The van der Waals surface area contributed by atoms with Crippen LogP contribution in [0, 0.1) is 6.92 Å². The predicted octanol–water partition coefficient (Wildman–Crippen LogP) is 1.89. The topological polar surface area (TPSA) is 54.0 Å². The summed E-state index contributed by atoms with van der Waals surface area (Å²) in [4.78, 5) is 15.8. The fourth-order valence-corrected chi connectivity index (χ4v) is 1.54. The van der Waals surface area contributed by atoms with E-state index in [1.54, 1.807) is 6.20 Å². The molecule has 1 rings (SSSR count). The summed E-state index contributed by atoms with van der Waals surface area (Å²) in [6.07, 6.45) is 2.15. The molecule has 0 bridgehead atoms. The Morgan fingerprint density at radius 1 is 1.37 bits per heavy atom. The number of carbonyl (C=O) groups excluding carboxylic acids is 1. The molecule has 2 N–H and O–H groups in total. The third-order valence-electron chi connectivity index (χ3n) is 2.50. The summed E-state index contributed by atoms with van der Waals surface area (Å²) in [6.45, 7) is 7.61. The van der Waals surface area contributed by atoms with Gasteiger partial charge in [-0.25, -0.2) is 0 Å². The number of aryl methyl sites for hydroxylation is 1. The van der Waals surface area contributed by atoms with Gasteiger partial charge >= 0.3 is 0 Å². The van der Waals surface area contributed by atoms with Crippen LogP contribution in [0.4, 0.5) is 0 Å². The van der Waals surface area contributed by atoms with E-state index in [-0.39, 0.29) is 30.7 Å². The number of aromatic nitrogens is 1. The smallest absolute Gasteiger partial charge is 0.224 e. The lowest BCUT2D eigenvalue weighted by atomic mass is 10.2. The van der Waals surface area contributed by atoms with Crippen LogP contribution >= 0.6 is 24.8 Å². The zero-order valence-corrected chi connectivity index (χ0v) is 13.2. The lowest BCUT2D eigenvalue weighted by molar-refractivity contribution is -0.120. The molecule has 0 saturated carbocycles. The second-order valence-corrected chi connectivity index (χ2v) is 4.25. The van der Waals surface area contributed by atoms with Crippen molar-refractivity contribution in [1.82, 2.24) is 15.6 Å². The van der Waals surface area contributed by atoms with E-state index in [1.807, 2.05) is 19.1 Å². The monoisotopic (exact) mass is 307 g/mol. The summed E-state index contributed by atoms with van der Waals surface area (Å²) >= 11 is 0. The molecule has 1 aromatic heterocycles. The van der Waals surface area contributed by atoms with Crippen molar-refractivity contribution >= 4 is 30.7 Å². The van der Waals surface area contributed by atoms with E-state index in [1.165, 1.54) is 0 Å².